The molecule has 3 N–H and O–H groups in total. The third kappa shape index (κ3) is 2.89. The van der Waals surface area contributed by atoms with Crippen LogP contribution in [0.2, 0.25) is 0 Å². The molecule has 2 amide bonds. The summed E-state index contributed by atoms with van der Waals surface area (Å²) < 4.78 is 26.7. The Morgan fingerprint density at radius 1 is 1.05 bits per heavy atom. The molecule has 4 nitrogen and oxygen atoms in total. The van der Waals surface area contributed by atoms with Crippen molar-refractivity contribution in [2.45, 2.75) is 6.92 Å². The van der Waals surface area contributed by atoms with Gasteiger partial charge in [-0.05, 0) is 36.8 Å². The second kappa shape index (κ2) is 5.70. The molecule has 0 saturated heterocycles. The summed E-state index contributed by atoms with van der Waals surface area (Å²) in [5.41, 5.74) is 5.79. The molecule has 0 atom stereocenters. The van der Waals surface area contributed by atoms with Crippen molar-refractivity contribution in [2.24, 2.45) is 5.73 Å². The molecule has 0 aliphatic carbocycles. The van der Waals surface area contributed by atoms with Crippen molar-refractivity contribution in [3.05, 3.63) is 64.7 Å². The van der Waals surface area contributed by atoms with Gasteiger partial charge in [0.1, 0.15) is 0 Å². The first-order valence-corrected chi connectivity index (χ1v) is 6.06. The lowest BCUT2D eigenvalue weighted by molar-refractivity contribution is 0.0994. The molecule has 0 spiro atoms. The number of primary amides is 1. The molecule has 21 heavy (non-hydrogen) atoms. The molecule has 2 rings (SSSR count). The highest BCUT2D eigenvalue weighted by atomic mass is 19.2. The zero-order chi connectivity index (χ0) is 15.6. The van der Waals surface area contributed by atoms with Crippen LogP contribution in [0.5, 0.6) is 0 Å². The minimum absolute atomic E-state index is 0.243. The summed E-state index contributed by atoms with van der Waals surface area (Å²) in [5.74, 6) is -3.78. The first kappa shape index (κ1) is 14.6. The zero-order valence-corrected chi connectivity index (χ0v) is 11.1. The van der Waals surface area contributed by atoms with Crippen molar-refractivity contribution in [3.63, 3.8) is 0 Å². The second-order valence-electron chi connectivity index (χ2n) is 4.40. The number of rotatable bonds is 3. The number of nitrogens with two attached hydrogens (primary N) is 1. The van der Waals surface area contributed by atoms with Crippen molar-refractivity contribution in [3.8, 4) is 0 Å². The maximum atomic E-state index is 13.6. The molecule has 2 aromatic rings. The normalized spacial score (nSPS) is 10.2. The van der Waals surface area contributed by atoms with Gasteiger partial charge in [-0.2, -0.15) is 0 Å². The fourth-order valence-corrected chi connectivity index (χ4v) is 1.91. The van der Waals surface area contributed by atoms with Crippen molar-refractivity contribution >= 4 is 17.5 Å². The Balaban J connectivity index is 2.34. The summed E-state index contributed by atoms with van der Waals surface area (Å²) in [4.78, 5) is 23.2. The van der Waals surface area contributed by atoms with Crippen molar-refractivity contribution in [1.29, 1.82) is 0 Å². The second-order valence-corrected chi connectivity index (χ2v) is 4.40. The van der Waals surface area contributed by atoms with Crippen LogP contribution in [0.15, 0.2) is 36.4 Å². The van der Waals surface area contributed by atoms with Gasteiger partial charge in [0.25, 0.3) is 5.91 Å². The zero-order valence-electron chi connectivity index (χ0n) is 11.1. The van der Waals surface area contributed by atoms with E-state index in [1.165, 1.54) is 30.3 Å². The number of nitrogens with one attached hydrogen (secondary N) is 1. The van der Waals surface area contributed by atoms with Gasteiger partial charge in [-0.3, -0.25) is 9.59 Å². The molecule has 0 aliphatic rings. The predicted octanol–water partition coefficient (Wildman–Crippen LogP) is 2.62. The largest absolute Gasteiger partial charge is 0.366 e. The Morgan fingerprint density at radius 3 is 2.33 bits per heavy atom. The maximum absolute atomic E-state index is 13.6. The average Bonchev–Trinajstić information content (AvgIpc) is 2.43. The predicted molar refractivity (Wildman–Crippen MR) is 74.0 cm³/mol. The lowest BCUT2D eigenvalue weighted by atomic mass is 10.1. The van der Waals surface area contributed by atoms with Gasteiger partial charge in [-0.15, -0.1) is 0 Å². The van der Waals surface area contributed by atoms with Gasteiger partial charge in [0, 0.05) is 11.3 Å². The monoisotopic (exact) mass is 290 g/mol. The van der Waals surface area contributed by atoms with E-state index in [2.05, 4.69) is 5.32 Å². The summed E-state index contributed by atoms with van der Waals surface area (Å²) in [6.45, 7) is 1.59. The van der Waals surface area contributed by atoms with E-state index in [0.717, 1.165) is 6.07 Å². The Bertz CT molecular complexity index is 730. The lowest BCUT2D eigenvalue weighted by Gasteiger charge is -2.11. The number of halogens is 2. The van der Waals surface area contributed by atoms with Gasteiger partial charge in [0.2, 0.25) is 5.91 Å². The molecule has 0 aliphatic heterocycles. The van der Waals surface area contributed by atoms with Crippen LogP contribution in [-0.4, -0.2) is 11.8 Å². The number of amides is 2. The highest BCUT2D eigenvalue weighted by Gasteiger charge is 2.17. The van der Waals surface area contributed by atoms with E-state index in [9.17, 15) is 18.4 Å². The van der Waals surface area contributed by atoms with E-state index in [4.69, 9.17) is 5.73 Å². The Kier molecular flexibility index (Phi) is 3.98. The van der Waals surface area contributed by atoms with Crippen LogP contribution in [0.4, 0.5) is 14.5 Å². The van der Waals surface area contributed by atoms with E-state index in [1.54, 1.807) is 6.92 Å². The van der Waals surface area contributed by atoms with Crippen LogP contribution in [-0.2, 0) is 0 Å². The van der Waals surface area contributed by atoms with Crippen LogP contribution in [0.25, 0.3) is 0 Å². The quantitative estimate of drug-likeness (QED) is 0.912. The molecule has 0 fully saturated rings. The minimum Gasteiger partial charge on any atom is -0.366 e. The molecular formula is C15H12F2N2O2. The SMILES string of the molecule is Cc1c(NC(=O)c2cccc(F)c2F)cccc1C(N)=O. The van der Waals surface area contributed by atoms with Crippen molar-refractivity contribution < 1.29 is 18.4 Å². The summed E-state index contributed by atoms with van der Waals surface area (Å²) in [6.07, 6.45) is 0. The topological polar surface area (TPSA) is 72.2 Å². The third-order valence-electron chi connectivity index (χ3n) is 3.04. The molecular weight excluding hydrogens is 278 g/mol. The highest BCUT2D eigenvalue weighted by molar-refractivity contribution is 6.06. The molecule has 0 radical (unpaired) electrons. The van der Waals surface area contributed by atoms with Crippen molar-refractivity contribution in [1.82, 2.24) is 0 Å². The van der Waals surface area contributed by atoms with E-state index in [-0.39, 0.29) is 5.56 Å². The minimum atomic E-state index is -1.22. The smallest absolute Gasteiger partial charge is 0.258 e. The van der Waals surface area contributed by atoms with Gasteiger partial charge in [0.15, 0.2) is 11.6 Å². The number of carbonyl (C=O) groups excluding carboxylic acids is 2. The Morgan fingerprint density at radius 2 is 1.67 bits per heavy atom. The van der Waals surface area contributed by atoms with Crippen LogP contribution in [0.1, 0.15) is 26.3 Å². The molecule has 0 saturated carbocycles. The molecule has 0 bridgehead atoms. The third-order valence-corrected chi connectivity index (χ3v) is 3.04. The van der Waals surface area contributed by atoms with Gasteiger partial charge >= 0.3 is 0 Å². The van der Waals surface area contributed by atoms with Crippen LogP contribution < -0.4 is 11.1 Å². The molecule has 0 aromatic heterocycles. The number of benzene rings is 2. The lowest BCUT2D eigenvalue weighted by Crippen LogP contribution is -2.18. The van der Waals surface area contributed by atoms with Crippen LogP contribution >= 0.6 is 0 Å². The first-order chi connectivity index (χ1) is 9.91. The molecule has 0 unspecified atom stereocenters. The van der Waals surface area contributed by atoms with Gasteiger partial charge in [-0.25, -0.2) is 8.78 Å². The number of hydrogen-bond acceptors (Lipinski definition) is 2. The maximum Gasteiger partial charge on any atom is 0.258 e. The van der Waals surface area contributed by atoms with Gasteiger partial charge in [-0.1, -0.05) is 12.1 Å². The fraction of sp³-hybridized carbons (Fsp3) is 0.0667. The number of carbonyl (C=O) groups is 2. The van der Waals surface area contributed by atoms with E-state index >= 15 is 0 Å². The summed E-state index contributed by atoms with van der Waals surface area (Å²) in [5, 5.41) is 2.44. The Labute approximate surface area is 119 Å². The highest BCUT2D eigenvalue weighted by Crippen LogP contribution is 2.20. The Hall–Kier alpha value is -2.76. The standard InChI is InChI=1S/C15H12F2N2O2/c1-8-9(14(18)20)4-3-7-12(8)19-15(21)10-5-2-6-11(16)13(10)17/h2-7H,1H3,(H2,18,20)(H,19,21). The number of anilines is 1. The molecule has 0 heterocycles. The average molecular weight is 290 g/mol. The van der Waals surface area contributed by atoms with Gasteiger partial charge in [0.05, 0.1) is 5.56 Å². The first-order valence-electron chi connectivity index (χ1n) is 6.06. The molecule has 2 aromatic carbocycles. The van der Waals surface area contributed by atoms with Crippen LogP contribution in [0, 0.1) is 18.6 Å². The molecule has 6 heteroatoms. The van der Waals surface area contributed by atoms with Gasteiger partial charge < -0.3 is 11.1 Å². The van der Waals surface area contributed by atoms with E-state index < -0.39 is 29.0 Å². The van der Waals surface area contributed by atoms with E-state index in [1.807, 2.05) is 0 Å². The van der Waals surface area contributed by atoms with Crippen molar-refractivity contribution in [2.75, 3.05) is 5.32 Å². The number of hydrogen-bond donors (Lipinski definition) is 2. The summed E-state index contributed by atoms with van der Waals surface area (Å²) >= 11 is 0. The molecule has 108 valence electrons. The fourth-order valence-electron chi connectivity index (χ4n) is 1.91. The summed E-state index contributed by atoms with van der Waals surface area (Å²) in [6, 6.07) is 7.91. The summed E-state index contributed by atoms with van der Waals surface area (Å²) in [7, 11) is 0. The van der Waals surface area contributed by atoms with E-state index in [0.29, 0.717) is 11.3 Å². The van der Waals surface area contributed by atoms with Crippen LogP contribution in [0.3, 0.4) is 0 Å².